The molecule has 8 heteroatoms. The first kappa shape index (κ1) is 20.1. The van der Waals surface area contributed by atoms with E-state index in [1.807, 2.05) is 0 Å². The molecule has 1 aromatic heterocycles. The van der Waals surface area contributed by atoms with Crippen LogP contribution in [0.2, 0.25) is 0 Å². The Labute approximate surface area is 166 Å². The number of carbonyl (C=O) groups is 3. The Kier molecular flexibility index (Phi) is 6.23. The molecule has 0 spiro atoms. The van der Waals surface area contributed by atoms with Crippen molar-refractivity contribution in [3.05, 3.63) is 60.0 Å². The Hall–Kier alpha value is -3.68. The maximum Gasteiger partial charge on any atom is 0.339 e. The van der Waals surface area contributed by atoms with Crippen molar-refractivity contribution < 1.29 is 28.3 Å². The molecule has 1 atom stereocenters. The molecule has 0 aliphatic rings. The average molecular weight is 396 g/mol. The normalized spacial score (nSPS) is 11.7. The first-order valence-electron chi connectivity index (χ1n) is 9.14. The molecule has 0 radical (unpaired) electrons. The lowest BCUT2D eigenvalue weighted by Crippen LogP contribution is -2.32. The van der Waals surface area contributed by atoms with Crippen molar-refractivity contribution in [2.75, 3.05) is 11.9 Å². The second-order valence-electron chi connectivity index (χ2n) is 6.12. The van der Waals surface area contributed by atoms with Crippen LogP contribution in [0.3, 0.4) is 0 Å². The highest BCUT2D eigenvalue weighted by Crippen LogP contribution is 2.17. The van der Waals surface area contributed by atoms with Gasteiger partial charge in [0, 0.05) is 5.69 Å². The summed E-state index contributed by atoms with van der Waals surface area (Å²) in [4.78, 5) is 40.6. The number of hydrogen-bond acceptors (Lipinski definition) is 7. The Bertz CT molecular complexity index is 1030. The highest BCUT2D eigenvalue weighted by molar-refractivity contribution is 5.99. The van der Waals surface area contributed by atoms with Crippen LogP contribution >= 0.6 is 0 Å². The number of nitrogens with one attached hydrogen (secondary N) is 1. The van der Waals surface area contributed by atoms with E-state index in [-0.39, 0.29) is 12.2 Å². The topological polar surface area (TPSA) is 108 Å². The largest absolute Gasteiger partial charge is 0.462 e. The summed E-state index contributed by atoms with van der Waals surface area (Å²) in [5.74, 6) is -1.54. The van der Waals surface area contributed by atoms with Crippen LogP contribution in [-0.4, -0.2) is 35.5 Å². The van der Waals surface area contributed by atoms with Crippen molar-refractivity contribution in [2.45, 2.75) is 26.4 Å². The Morgan fingerprint density at radius 3 is 2.45 bits per heavy atom. The van der Waals surface area contributed by atoms with Gasteiger partial charge in [-0.15, -0.1) is 0 Å². The SMILES string of the molecule is CCOC(=O)c1ccc(NC(=O)C(CC)OC(=O)c2ccc3ncoc3c2)cc1. The molecule has 0 saturated heterocycles. The summed E-state index contributed by atoms with van der Waals surface area (Å²) in [6.07, 6.45) is 0.607. The highest BCUT2D eigenvalue weighted by atomic mass is 16.5. The van der Waals surface area contributed by atoms with Gasteiger partial charge in [0.1, 0.15) is 5.52 Å². The average Bonchev–Trinajstić information content (AvgIpc) is 3.20. The minimum atomic E-state index is -0.974. The zero-order valence-corrected chi connectivity index (χ0v) is 16.0. The third-order valence-electron chi connectivity index (χ3n) is 4.14. The van der Waals surface area contributed by atoms with Crippen molar-refractivity contribution in [3.8, 4) is 0 Å². The molecule has 1 amide bonds. The zero-order chi connectivity index (χ0) is 20.8. The Balaban J connectivity index is 1.63. The number of aromatic nitrogens is 1. The first-order valence-corrected chi connectivity index (χ1v) is 9.14. The molecule has 8 nitrogen and oxygen atoms in total. The van der Waals surface area contributed by atoms with E-state index in [1.165, 1.54) is 12.5 Å². The van der Waals surface area contributed by atoms with Gasteiger partial charge in [0.15, 0.2) is 18.1 Å². The molecule has 0 fully saturated rings. The molecule has 1 N–H and O–H groups in total. The van der Waals surface area contributed by atoms with E-state index in [1.54, 1.807) is 50.2 Å². The lowest BCUT2D eigenvalue weighted by atomic mass is 10.2. The summed E-state index contributed by atoms with van der Waals surface area (Å²) >= 11 is 0. The van der Waals surface area contributed by atoms with Crippen molar-refractivity contribution in [1.29, 1.82) is 0 Å². The van der Waals surface area contributed by atoms with Crippen molar-refractivity contribution in [3.63, 3.8) is 0 Å². The van der Waals surface area contributed by atoms with Gasteiger partial charge in [-0.1, -0.05) is 6.92 Å². The van der Waals surface area contributed by atoms with Gasteiger partial charge in [-0.3, -0.25) is 4.79 Å². The second-order valence-corrected chi connectivity index (χ2v) is 6.12. The molecule has 1 unspecified atom stereocenters. The summed E-state index contributed by atoms with van der Waals surface area (Å²) in [6, 6.07) is 11.0. The Morgan fingerprint density at radius 2 is 1.76 bits per heavy atom. The van der Waals surface area contributed by atoms with Crippen LogP contribution in [0.5, 0.6) is 0 Å². The first-order chi connectivity index (χ1) is 14.0. The van der Waals surface area contributed by atoms with Crippen LogP contribution in [0.15, 0.2) is 53.3 Å². The molecule has 0 aliphatic carbocycles. The standard InChI is InChI=1S/C21H20N2O6/c1-3-17(29-21(26)14-7-10-16-18(11-14)28-12-22-16)19(24)23-15-8-5-13(6-9-15)20(25)27-4-2/h5-12,17H,3-4H2,1-2H3,(H,23,24). The van der Waals surface area contributed by atoms with E-state index >= 15 is 0 Å². The number of amides is 1. The van der Waals surface area contributed by atoms with Gasteiger partial charge in [0.25, 0.3) is 5.91 Å². The summed E-state index contributed by atoms with van der Waals surface area (Å²) in [6.45, 7) is 3.74. The predicted molar refractivity (Wildman–Crippen MR) is 105 cm³/mol. The van der Waals surface area contributed by atoms with Gasteiger partial charge >= 0.3 is 11.9 Å². The van der Waals surface area contributed by atoms with Gasteiger partial charge in [-0.2, -0.15) is 0 Å². The minimum absolute atomic E-state index is 0.263. The number of rotatable bonds is 7. The number of carbonyl (C=O) groups excluding carboxylic acids is 3. The van der Waals surface area contributed by atoms with Crippen LogP contribution in [0, 0.1) is 0 Å². The lowest BCUT2D eigenvalue weighted by Gasteiger charge is -2.16. The van der Waals surface area contributed by atoms with Crippen molar-refractivity contribution in [2.24, 2.45) is 0 Å². The van der Waals surface area contributed by atoms with Gasteiger partial charge in [0.2, 0.25) is 0 Å². The van der Waals surface area contributed by atoms with Crippen LogP contribution in [-0.2, 0) is 14.3 Å². The molecule has 3 rings (SSSR count). The maximum absolute atomic E-state index is 12.5. The molecule has 0 bridgehead atoms. The quantitative estimate of drug-likeness (QED) is 0.608. The second kappa shape index (κ2) is 9.01. The van der Waals surface area contributed by atoms with Crippen LogP contribution in [0.1, 0.15) is 41.0 Å². The molecule has 1 heterocycles. The molecule has 0 saturated carbocycles. The van der Waals surface area contributed by atoms with E-state index in [0.29, 0.717) is 28.8 Å². The summed E-state index contributed by atoms with van der Waals surface area (Å²) in [7, 11) is 0. The number of benzene rings is 2. The summed E-state index contributed by atoms with van der Waals surface area (Å²) < 4.78 is 15.4. The van der Waals surface area contributed by atoms with Gasteiger partial charge < -0.3 is 19.2 Å². The number of ether oxygens (including phenoxy) is 2. The van der Waals surface area contributed by atoms with E-state index in [0.717, 1.165) is 0 Å². The van der Waals surface area contributed by atoms with Gasteiger partial charge in [-0.05, 0) is 55.8 Å². The fourth-order valence-corrected chi connectivity index (χ4v) is 2.63. The van der Waals surface area contributed by atoms with Crippen LogP contribution < -0.4 is 5.32 Å². The fraction of sp³-hybridized carbons (Fsp3) is 0.238. The summed E-state index contributed by atoms with van der Waals surface area (Å²) in [5, 5.41) is 2.68. The number of hydrogen-bond donors (Lipinski definition) is 1. The van der Waals surface area contributed by atoms with E-state index in [9.17, 15) is 14.4 Å². The monoisotopic (exact) mass is 396 g/mol. The number of anilines is 1. The van der Waals surface area contributed by atoms with Crippen molar-refractivity contribution in [1.82, 2.24) is 4.98 Å². The van der Waals surface area contributed by atoms with Gasteiger partial charge in [0.05, 0.1) is 17.7 Å². The maximum atomic E-state index is 12.5. The molecule has 3 aromatic rings. The molecule has 150 valence electrons. The number of oxazole rings is 1. The minimum Gasteiger partial charge on any atom is -0.462 e. The number of nitrogens with zero attached hydrogens (tertiary/aromatic N) is 1. The van der Waals surface area contributed by atoms with Gasteiger partial charge in [-0.25, -0.2) is 14.6 Å². The zero-order valence-electron chi connectivity index (χ0n) is 16.0. The molecule has 2 aromatic carbocycles. The smallest absolute Gasteiger partial charge is 0.339 e. The fourth-order valence-electron chi connectivity index (χ4n) is 2.63. The Morgan fingerprint density at radius 1 is 1.03 bits per heavy atom. The summed E-state index contributed by atoms with van der Waals surface area (Å²) in [5.41, 5.74) is 2.20. The molecular formula is C21H20N2O6. The van der Waals surface area contributed by atoms with Crippen molar-refractivity contribution >= 4 is 34.6 Å². The number of esters is 2. The molecule has 0 aliphatic heterocycles. The van der Waals surface area contributed by atoms with Crippen LogP contribution in [0.25, 0.3) is 11.1 Å². The third-order valence-corrected chi connectivity index (χ3v) is 4.14. The predicted octanol–water partition coefficient (Wildman–Crippen LogP) is 3.58. The molecular weight excluding hydrogens is 376 g/mol. The van der Waals surface area contributed by atoms with E-state index < -0.39 is 23.9 Å². The van der Waals surface area contributed by atoms with Crippen LogP contribution in [0.4, 0.5) is 5.69 Å². The van der Waals surface area contributed by atoms with E-state index in [4.69, 9.17) is 13.9 Å². The number of fused-ring (bicyclic) bond motifs is 1. The lowest BCUT2D eigenvalue weighted by molar-refractivity contribution is -0.124. The molecule has 29 heavy (non-hydrogen) atoms. The third kappa shape index (κ3) is 4.78. The highest BCUT2D eigenvalue weighted by Gasteiger charge is 2.22. The van der Waals surface area contributed by atoms with E-state index in [2.05, 4.69) is 10.3 Å².